The molecule has 7 heteroatoms. The van der Waals surface area contributed by atoms with Gasteiger partial charge in [-0.15, -0.1) is 0 Å². The van der Waals surface area contributed by atoms with E-state index in [-0.39, 0.29) is 11.8 Å². The highest BCUT2D eigenvalue weighted by Crippen LogP contribution is 2.25. The van der Waals surface area contributed by atoms with Crippen LogP contribution in [0.1, 0.15) is 52.4 Å². The second-order valence-corrected chi connectivity index (χ2v) is 8.86. The van der Waals surface area contributed by atoms with Crippen molar-refractivity contribution in [2.24, 2.45) is 11.8 Å². The molecular formula is C16H31N3O3S. The molecule has 1 amide bonds. The van der Waals surface area contributed by atoms with Crippen LogP contribution < -0.4 is 5.32 Å². The van der Waals surface area contributed by atoms with E-state index in [0.717, 1.165) is 38.5 Å². The normalized spacial score (nSPS) is 25.4. The van der Waals surface area contributed by atoms with Crippen molar-refractivity contribution >= 4 is 16.1 Å². The van der Waals surface area contributed by atoms with Crippen molar-refractivity contribution in [1.82, 2.24) is 13.9 Å². The van der Waals surface area contributed by atoms with Crippen molar-refractivity contribution in [3.05, 3.63) is 0 Å². The lowest BCUT2D eigenvalue weighted by atomic mass is 9.99. The Kier molecular flexibility index (Phi) is 6.85. The first-order valence-electron chi connectivity index (χ1n) is 8.98. The number of rotatable bonds is 6. The van der Waals surface area contributed by atoms with E-state index in [1.165, 1.54) is 4.31 Å². The third-order valence-corrected chi connectivity index (χ3v) is 6.98. The van der Waals surface area contributed by atoms with Crippen LogP contribution in [0.25, 0.3) is 0 Å². The Labute approximate surface area is 140 Å². The molecule has 2 aliphatic heterocycles. The molecule has 0 aliphatic carbocycles. The first kappa shape index (κ1) is 18.7. The van der Waals surface area contributed by atoms with Gasteiger partial charge < -0.3 is 5.32 Å². The highest BCUT2D eigenvalue weighted by molar-refractivity contribution is 7.86. The van der Waals surface area contributed by atoms with Gasteiger partial charge in [0.05, 0.1) is 5.92 Å². The monoisotopic (exact) mass is 345 g/mol. The van der Waals surface area contributed by atoms with Gasteiger partial charge in [0.25, 0.3) is 10.2 Å². The van der Waals surface area contributed by atoms with Crippen molar-refractivity contribution in [3.8, 4) is 0 Å². The third-order valence-electron chi connectivity index (χ3n) is 4.98. The Morgan fingerprint density at radius 1 is 1.13 bits per heavy atom. The van der Waals surface area contributed by atoms with Crippen molar-refractivity contribution in [2.45, 2.75) is 52.4 Å². The van der Waals surface area contributed by atoms with Gasteiger partial charge in [0.2, 0.25) is 5.91 Å². The fourth-order valence-corrected chi connectivity index (χ4v) is 5.00. The van der Waals surface area contributed by atoms with Crippen LogP contribution in [0.2, 0.25) is 0 Å². The van der Waals surface area contributed by atoms with Crippen molar-refractivity contribution < 1.29 is 13.2 Å². The van der Waals surface area contributed by atoms with Crippen molar-refractivity contribution in [1.29, 1.82) is 0 Å². The summed E-state index contributed by atoms with van der Waals surface area (Å²) < 4.78 is 28.7. The summed E-state index contributed by atoms with van der Waals surface area (Å²) in [6.45, 7) is 7.00. The number of unbranched alkanes of at least 4 members (excludes halogenated alkanes) is 1. The van der Waals surface area contributed by atoms with E-state index in [9.17, 15) is 13.2 Å². The van der Waals surface area contributed by atoms with Gasteiger partial charge in [-0.2, -0.15) is 17.0 Å². The molecule has 1 N–H and O–H groups in total. The van der Waals surface area contributed by atoms with Crippen LogP contribution in [0.15, 0.2) is 0 Å². The maximum Gasteiger partial charge on any atom is 0.281 e. The second-order valence-electron chi connectivity index (χ2n) is 6.93. The standard InChI is InChI=1S/C16H31N3O3S/c1-3-4-9-17-16(20)15-6-5-10-19(13-15)23(21,22)18-11-7-14(2)8-12-18/h14-15H,3-13H2,1-2H3,(H,17,20)/t15-/m0/s1. The highest BCUT2D eigenvalue weighted by Gasteiger charge is 2.36. The summed E-state index contributed by atoms with van der Waals surface area (Å²) in [4.78, 5) is 12.2. The number of nitrogens with zero attached hydrogens (tertiary/aromatic N) is 2. The maximum atomic E-state index is 12.8. The van der Waals surface area contributed by atoms with Gasteiger partial charge >= 0.3 is 0 Å². The number of nitrogens with one attached hydrogen (secondary N) is 1. The summed E-state index contributed by atoms with van der Waals surface area (Å²) in [5, 5.41) is 2.94. The molecule has 1 atom stereocenters. The van der Waals surface area contributed by atoms with E-state index < -0.39 is 10.2 Å². The minimum absolute atomic E-state index is 0.00520. The minimum Gasteiger partial charge on any atom is -0.356 e. The summed E-state index contributed by atoms with van der Waals surface area (Å²) in [5.41, 5.74) is 0. The van der Waals surface area contributed by atoms with E-state index in [4.69, 9.17) is 0 Å². The Hall–Kier alpha value is -0.660. The predicted molar refractivity (Wildman–Crippen MR) is 91.1 cm³/mol. The van der Waals surface area contributed by atoms with E-state index >= 15 is 0 Å². The highest BCUT2D eigenvalue weighted by atomic mass is 32.2. The molecule has 0 aromatic rings. The van der Waals surface area contributed by atoms with Gasteiger partial charge in [0.15, 0.2) is 0 Å². The van der Waals surface area contributed by atoms with Gasteiger partial charge in [-0.1, -0.05) is 20.3 Å². The average molecular weight is 346 g/mol. The first-order chi connectivity index (χ1) is 10.9. The molecule has 2 rings (SSSR count). The molecule has 2 aliphatic rings. The van der Waals surface area contributed by atoms with Gasteiger partial charge in [0.1, 0.15) is 0 Å². The van der Waals surface area contributed by atoms with Crippen LogP contribution in [-0.4, -0.2) is 55.7 Å². The lowest BCUT2D eigenvalue weighted by molar-refractivity contribution is -0.126. The molecule has 0 unspecified atom stereocenters. The molecule has 134 valence electrons. The van der Waals surface area contributed by atoms with Crippen molar-refractivity contribution in [3.63, 3.8) is 0 Å². The van der Waals surface area contributed by atoms with E-state index in [2.05, 4.69) is 19.2 Å². The predicted octanol–water partition coefficient (Wildman–Crippen LogP) is 1.59. The second kappa shape index (κ2) is 8.44. The maximum absolute atomic E-state index is 12.8. The fraction of sp³-hybridized carbons (Fsp3) is 0.938. The van der Waals surface area contributed by atoms with Gasteiger partial charge in [-0.25, -0.2) is 0 Å². The summed E-state index contributed by atoms with van der Waals surface area (Å²) in [5.74, 6) is 0.393. The Balaban J connectivity index is 1.93. The molecule has 0 aromatic carbocycles. The zero-order valence-corrected chi connectivity index (χ0v) is 15.3. The molecule has 2 saturated heterocycles. The van der Waals surface area contributed by atoms with Crippen LogP contribution >= 0.6 is 0 Å². The molecule has 2 heterocycles. The van der Waals surface area contributed by atoms with E-state index in [1.54, 1.807) is 4.31 Å². The lowest BCUT2D eigenvalue weighted by Crippen LogP contribution is -2.52. The van der Waals surface area contributed by atoms with Crippen LogP contribution in [0.5, 0.6) is 0 Å². The molecule has 0 saturated carbocycles. The Bertz CT molecular complexity index is 487. The lowest BCUT2D eigenvalue weighted by Gasteiger charge is -2.37. The smallest absolute Gasteiger partial charge is 0.281 e. The molecular weight excluding hydrogens is 314 g/mol. The SMILES string of the molecule is CCCCNC(=O)[C@H]1CCCN(S(=O)(=O)N2CCC(C)CC2)C1. The molecule has 2 fully saturated rings. The first-order valence-corrected chi connectivity index (χ1v) is 10.4. The molecule has 0 bridgehead atoms. The molecule has 0 spiro atoms. The minimum atomic E-state index is -3.41. The number of carbonyl (C=O) groups excluding carboxylic acids is 1. The number of carbonyl (C=O) groups is 1. The van der Waals surface area contributed by atoms with Gasteiger partial charge in [-0.05, 0) is 38.0 Å². The third kappa shape index (κ3) is 4.90. The zero-order chi connectivity index (χ0) is 16.9. The van der Waals surface area contributed by atoms with Crippen LogP contribution in [0, 0.1) is 11.8 Å². The number of amides is 1. The number of hydrogen-bond donors (Lipinski definition) is 1. The largest absolute Gasteiger partial charge is 0.356 e. The van der Waals surface area contributed by atoms with E-state index in [0.29, 0.717) is 38.6 Å². The van der Waals surface area contributed by atoms with E-state index in [1.807, 2.05) is 0 Å². The Morgan fingerprint density at radius 3 is 2.48 bits per heavy atom. The van der Waals surface area contributed by atoms with Crippen molar-refractivity contribution in [2.75, 3.05) is 32.7 Å². The van der Waals surface area contributed by atoms with Gasteiger partial charge in [0, 0.05) is 32.7 Å². The fourth-order valence-electron chi connectivity index (χ4n) is 3.28. The Morgan fingerprint density at radius 2 is 1.83 bits per heavy atom. The summed E-state index contributed by atoms with van der Waals surface area (Å²) in [6, 6.07) is 0. The van der Waals surface area contributed by atoms with Crippen LogP contribution in [-0.2, 0) is 15.0 Å². The molecule has 0 aromatic heterocycles. The summed E-state index contributed by atoms with van der Waals surface area (Å²) in [7, 11) is -3.41. The molecule has 6 nitrogen and oxygen atoms in total. The topological polar surface area (TPSA) is 69.7 Å². The average Bonchev–Trinajstić information content (AvgIpc) is 2.55. The van der Waals surface area contributed by atoms with Crippen LogP contribution in [0.4, 0.5) is 0 Å². The number of piperidine rings is 2. The van der Waals surface area contributed by atoms with Crippen LogP contribution in [0.3, 0.4) is 0 Å². The molecule has 0 radical (unpaired) electrons. The van der Waals surface area contributed by atoms with Gasteiger partial charge in [-0.3, -0.25) is 4.79 Å². The summed E-state index contributed by atoms with van der Waals surface area (Å²) >= 11 is 0. The molecule has 23 heavy (non-hydrogen) atoms. The number of hydrogen-bond acceptors (Lipinski definition) is 3. The summed E-state index contributed by atoms with van der Waals surface area (Å²) in [6.07, 6.45) is 5.39. The quantitative estimate of drug-likeness (QED) is 0.743. The zero-order valence-electron chi connectivity index (χ0n) is 14.5.